The van der Waals surface area contributed by atoms with Crippen LogP contribution in [0.15, 0.2) is 35.5 Å². The molecule has 0 fully saturated rings. The van der Waals surface area contributed by atoms with Gasteiger partial charge in [-0.05, 0) is 19.9 Å². The molecule has 2 bridgehead atoms. The molecule has 2 heterocycles. The molecule has 22 heavy (non-hydrogen) atoms. The number of hydrogen-bond donors (Lipinski definition) is 1. The second-order valence-corrected chi connectivity index (χ2v) is 5.92. The van der Waals surface area contributed by atoms with Crippen LogP contribution < -0.4 is 10.1 Å². The number of para-hydroxylation sites is 1. The van der Waals surface area contributed by atoms with Gasteiger partial charge < -0.3 is 19.5 Å². The van der Waals surface area contributed by atoms with Crippen molar-refractivity contribution in [3.05, 3.63) is 41.1 Å². The van der Waals surface area contributed by atoms with Gasteiger partial charge in [-0.15, -0.1) is 0 Å². The van der Waals surface area contributed by atoms with Gasteiger partial charge in [0.25, 0.3) is 0 Å². The Labute approximate surface area is 130 Å². The van der Waals surface area contributed by atoms with Crippen LogP contribution in [0.5, 0.6) is 5.75 Å². The first kappa shape index (κ1) is 14.9. The summed E-state index contributed by atoms with van der Waals surface area (Å²) in [4.78, 5) is 12.5. The van der Waals surface area contributed by atoms with Gasteiger partial charge in [0.1, 0.15) is 12.4 Å². The van der Waals surface area contributed by atoms with Crippen molar-refractivity contribution in [1.29, 1.82) is 0 Å². The van der Waals surface area contributed by atoms with Crippen LogP contribution in [0.2, 0.25) is 0 Å². The van der Waals surface area contributed by atoms with Crippen molar-refractivity contribution in [2.75, 3.05) is 20.3 Å². The second-order valence-electron chi connectivity index (χ2n) is 5.92. The number of carbonyl (C=O) groups is 1. The fourth-order valence-corrected chi connectivity index (χ4v) is 3.30. The van der Waals surface area contributed by atoms with E-state index in [1.165, 1.54) is 0 Å². The van der Waals surface area contributed by atoms with E-state index in [1.807, 2.05) is 38.1 Å². The molecule has 0 amide bonds. The SMILES string of the molecule is COCCOC(=O)C1=C(C)N[C@]2(C)C[C@H]1c1ccccc1O2. The number of esters is 1. The quantitative estimate of drug-likeness (QED) is 0.683. The van der Waals surface area contributed by atoms with Crippen molar-refractivity contribution in [2.45, 2.75) is 31.9 Å². The number of fused-ring (bicyclic) bond motifs is 4. The average Bonchev–Trinajstić information content (AvgIpc) is 2.46. The Bertz CT molecular complexity index is 625. The first-order valence-corrected chi connectivity index (χ1v) is 7.47. The Morgan fingerprint density at radius 3 is 2.95 bits per heavy atom. The van der Waals surface area contributed by atoms with Gasteiger partial charge in [0.2, 0.25) is 0 Å². The molecule has 5 heteroatoms. The van der Waals surface area contributed by atoms with Gasteiger partial charge in [0.15, 0.2) is 5.72 Å². The highest BCUT2D eigenvalue weighted by Gasteiger charge is 2.45. The van der Waals surface area contributed by atoms with Crippen LogP contribution in [0.1, 0.15) is 31.7 Å². The lowest BCUT2D eigenvalue weighted by Crippen LogP contribution is -2.54. The second kappa shape index (κ2) is 5.65. The Kier molecular flexibility index (Phi) is 3.83. The van der Waals surface area contributed by atoms with Crippen LogP contribution in [-0.4, -0.2) is 32.0 Å². The van der Waals surface area contributed by atoms with Crippen molar-refractivity contribution in [3.63, 3.8) is 0 Å². The van der Waals surface area contributed by atoms with E-state index in [-0.39, 0.29) is 18.5 Å². The minimum atomic E-state index is -0.487. The Morgan fingerprint density at radius 2 is 2.18 bits per heavy atom. The maximum Gasteiger partial charge on any atom is 0.336 e. The molecule has 0 unspecified atom stereocenters. The largest absolute Gasteiger partial charge is 0.468 e. The average molecular weight is 303 g/mol. The number of benzene rings is 1. The summed E-state index contributed by atoms with van der Waals surface area (Å²) in [7, 11) is 1.58. The molecule has 5 nitrogen and oxygen atoms in total. The molecule has 2 aliphatic heterocycles. The molecule has 0 saturated carbocycles. The van der Waals surface area contributed by atoms with Gasteiger partial charge in [-0.25, -0.2) is 4.79 Å². The van der Waals surface area contributed by atoms with Crippen LogP contribution in [0, 0.1) is 0 Å². The number of ether oxygens (including phenoxy) is 3. The molecule has 0 spiro atoms. The summed E-state index contributed by atoms with van der Waals surface area (Å²) in [5.41, 5.74) is 2.05. The predicted octanol–water partition coefficient (Wildman–Crippen LogP) is 2.34. The van der Waals surface area contributed by atoms with E-state index in [0.29, 0.717) is 18.6 Å². The molecule has 0 radical (unpaired) electrons. The first-order chi connectivity index (χ1) is 10.5. The van der Waals surface area contributed by atoms with E-state index in [2.05, 4.69) is 5.32 Å². The minimum absolute atomic E-state index is 0.00811. The van der Waals surface area contributed by atoms with Gasteiger partial charge in [-0.1, -0.05) is 18.2 Å². The molecule has 0 aromatic heterocycles. The molecule has 1 aromatic carbocycles. The number of allylic oxidation sites excluding steroid dienone is 1. The van der Waals surface area contributed by atoms with Crippen molar-refractivity contribution in [1.82, 2.24) is 5.32 Å². The maximum atomic E-state index is 12.5. The summed E-state index contributed by atoms with van der Waals surface area (Å²) in [6.45, 7) is 4.56. The highest BCUT2D eigenvalue weighted by molar-refractivity contribution is 5.91. The van der Waals surface area contributed by atoms with Crippen LogP contribution in [-0.2, 0) is 14.3 Å². The number of carbonyl (C=O) groups excluding carboxylic acids is 1. The van der Waals surface area contributed by atoms with E-state index >= 15 is 0 Å². The third-order valence-corrected chi connectivity index (χ3v) is 4.17. The fraction of sp³-hybridized carbons (Fsp3) is 0.471. The van der Waals surface area contributed by atoms with Crippen LogP contribution in [0.25, 0.3) is 0 Å². The predicted molar refractivity (Wildman–Crippen MR) is 81.5 cm³/mol. The molecule has 1 aromatic rings. The monoisotopic (exact) mass is 303 g/mol. The summed E-state index contributed by atoms with van der Waals surface area (Å²) < 4.78 is 16.3. The van der Waals surface area contributed by atoms with E-state index in [0.717, 1.165) is 17.0 Å². The zero-order valence-corrected chi connectivity index (χ0v) is 13.1. The topological polar surface area (TPSA) is 56.8 Å². The zero-order chi connectivity index (χ0) is 15.7. The molecular formula is C17H21NO4. The molecule has 118 valence electrons. The fourth-order valence-electron chi connectivity index (χ4n) is 3.30. The zero-order valence-electron chi connectivity index (χ0n) is 13.1. The standard InChI is InChI=1S/C17H21NO4/c1-11-15(16(19)21-9-8-20-3)13-10-17(2,18-11)22-14-7-5-4-6-12(13)14/h4-7,13,18H,8-10H2,1-3H3/t13-,17-/m0/s1. The van der Waals surface area contributed by atoms with Crippen molar-refractivity contribution < 1.29 is 19.0 Å². The summed E-state index contributed by atoms with van der Waals surface area (Å²) in [5.74, 6) is 0.528. The maximum absolute atomic E-state index is 12.5. The number of hydrogen-bond acceptors (Lipinski definition) is 5. The van der Waals surface area contributed by atoms with E-state index in [9.17, 15) is 4.79 Å². The first-order valence-electron chi connectivity index (χ1n) is 7.47. The lowest BCUT2D eigenvalue weighted by Gasteiger charge is -2.45. The summed E-state index contributed by atoms with van der Waals surface area (Å²) in [6, 6.07) is 7.86. The molecule has 2 atom stereocenters. The van der Waals surface area contributed by atoms with Gasteiger partial charge in [-0.3, -0.25) is 0 Å². The number of rotatable bonds is 4. The van der Waals surface area contributed by atoms with E-state index in [4.69, 9.17) is 14.2 Å². The number of nitrogens with one attached hydrogen (secondary N) is 1. The highest BCUT2D eigenvalue weighted by atomic mass is 16.6. The van der Waals surface area contributed by atoms with Gasteiger partial charge >= 0.3 is 5.97 Å². The van der Waals surface area contributed by atoms with Gasteiger partial charge in [0, 0.05) is 30.7 Å². The Morgan fingerprint density at radius 1 is 1.41 bits per heavy atom. The summed E-state index contributed by atoms with van der Waals surface area (Å²) in [5, 5.41) is 3.31. The minimum Gasteiger partial charge on any atom is -0.468 e. The van der Waals surface area contributed by atoms with Crippen molar-refractivity contribution in [3.8, 4) is 5.75 Å². The normalized spacial score (nSPS) is 25.9. The van der Waals surface area contributed by atoms with Crippen LogP contribution in [0.4, 0.5) is 0 Å². The highest BCUT2D eigenvalue weighted by Crippen LogP contribution is 2.47. The summed E-state index contributed by atoms with van der Waals surface area (Å²) >= 11 is 0. The smallest absolute Gasteiger partial charge is 0.336 e. The molecule has 0 aliphatic carbocycles. The van der Waals surface area contributed by atoms with Gasteiger partial charge in [0.05, 0.1) is 12.2 Å². The van der Waals surface area contributed by atoms with Crippen LogP contribution >= 0.6 is 0 Å². The third kappa shape index (κ3) is 2.57. The molecule has 2 aliphatic rings. The van der Waals surface area contributed by atoms with Crippen molar-refractivity contribution >= 4 is 5.97 Å². The van der Waals surface area contributed by atoms with E-state index in [1.54, 1.807) is 7.11 Å². The van der Waals surface area contributed by atoms with E-state index < -0.39 is 5.72 Å². The Balaban J connectivity index is 1.94. The lowest BCUT2D eigenvalue weighted by atomic mass is 9.78. The van der Waals surface area contributed by atoms with Gasteiger partial charge in [-0.2, -0.15) is 0 Å². The lowest BCUT2D eigenvalue weighted by molar-refractivity contribution is -0.141. The molecule has 0 saturated heterocycles. The molecule has 1 N–H and O–H groups in total. The number of methoxy groups -OCH3 is 1. The Hall–Kier alpha value is -2.01. The van der Waals surface area contributed by atoms with Crippen molar-refractivity contribution in [2.24, 2.45) is 0 Å². The third-order valence-electron chi connectivity index (χ3n) is 4.17. The molecule has 3 rings (SSSR count). The summed E-state index contributed by atoms with van der Waals surface area (Å²) in [6.07, 6.45) is 0.704. The molecular weight excluding hydrogens is 282 g/mol. The van der Waals surface area contributed by atoms with Crippen LogP contribution in [0.3, 0.4) is 0 Å².